The third-order valence-electron chi connectivity index (χ3n) is 7.68. The second-order valence-electron chi connectivity index (χ2n) is 9.59. The molecule has 3 aromatic carbocycles. The molecule has 7 heteroatoms. The van der Waals surface area contributed by atoms with Crippen molar-refractivity contribution in [3.05, 3.63) is 110 Å². The van der Waals surface area contributed by atoms with Crippen LogP contribution in [-0.4, -0.2) is 22.8 Å². The summed E-state index contributed by atoms with van der Waals surface area (Å²) in [5.74, 6) is 1.15. The van der Waals surface area contributed by atoms with Crippen molar-refractivity contribution in [2.24, 2.45) is 0 Å². The van der Waals surface area contributed by atoms with Crippen molar-refractivity contribution in [2.75, 3.05) is 17.7 Å². The fraction of sp³-hybridized carbons (Fsp3) is 0.172. The lowest BCUT2D eigenvalue weighted by Gasteiger charge is -2.39. The van der Waals surface area contributed by atoms with Gasteiger partial charge in [0.25, 0.3) is 5.56 Å². The van der Waals surface area contributed by atoms with E-state index < -0.39 is 5.41 Å². The van der Waals surface area contributed by atoms with Crippen LogP contribution in [0.2, 0.25) is 0 Å². The molecule has 0 radical (unpaired) electrons. The molecule has 1 aliphatic carbocycles. The number of hydrogen-bond donors (Lipinski definition) is 3. The highest BCUT2D eigenvalue weighted by atomic mass is 16.5. The Bertz CT molecular complexity index is 1680. The first-order valence-corrected chi connectivity index (χ1v) is 12.0. The minimum Gasteiger partial charge on any atom is -0.497 e. The Hall–Kier alpha value is -4.52. The van der Waals surface area contributed by atoms with Gasteiger partial charge in [0.15, 0.2) is 0 Å². The maximum absolute atomic E-state index is 14.1. The molecule has 36 heavy (non-hydrogen) atoms. The second kappa shape index (κ2) is 7.24. The number of rotatable bonds is 2. The molecule has 1 aromatic heterocycles. The van der Waals surface area contributed by atoms with E-state index in [2.05, 4.69) is 15.7 Å². The summed E-state index contributed by atoms with van der Waals surface area (Å²) in [4.78, 5) is 28.2. The van der Waals surface area contributed by atoms with E-state index in [9.17, 15) is 9.59 Å². The zero-order chi connectivity index (χ0) is 24.6. The molecule has 3 aliphatic rings. The van der Waals surface area contributed by atoms with Crippen molar-refractivity contribution in [1.82, 2.24) is 9.78 Å². The van der Waals surface area contributed by atoms with Crippen LogP contribution in [0.1, 0.15) is 34.2 Å². The highest BCUT2D eigenvalue weighted by molar-refractivity contribution is 6.15. The molecule has 1 spiro atoms. The molecule has 1 amide bonds. The first-order chi connectivity index (χ1) is 17.5. The molecule has 0 saturated heterocycles. The first kappa shape index (κ1) is 20.8. The third-order valence-corrected chi connectivity index (χ3v) is 7.68. The molecular formula is C29H24N4O3. The van der Waals surface area contributed by atoms with Crippen LogP contribution < -0.4 is 20.9 Å². The highest BCUT2D eigenvalue weighted by Crippen LogP contribution is 2.56. The fourth-order valence-corrected chi connectivity index (χ4v) is 6.09. The number of carbonyl (C=O) groups is 1. The maximum atomic E-state index is 14.1. The number of aryl methyl sites for hydroxylation is 2. The van der Waals surface area contributed by atoms with Crippen molar-refractivity contribution < 1.29 is 9.53 Å². The number of amides is 1. The van der Waals surface area contributed by atoms with E-state index in [4.69, 9.17) is 4.74 Å². The molecule has 0 saturated carbocycles. The number of anilines is 2. The second-order valence-corrected chi connectivity index (χ2v) is 9.59. The monoisotopic (exact) mass is 476 g/mol. The molecule has 7 rings (SSSR count). The lowest BCUT2D eigenvalue weighted by atomic mass is 9.64. The van der Waals surface area contributed by atoms with Crippen LogP contribution in [-0.2, 0) is 16.6 Å². The number of H-pyrrole nitrogens is 1. The van der Waals surface area contributed by atoms with E-state index >= 15 is 0 Å². The van der Waals surface area contributed by atoms with Gasteiger partial charge in [-0.2, -0.15) is 0 Å². The molecular weight excluding hydrogens is 452 g/mol. The molecule has 1 atom stereocenters. The van der Waals surface area contributed by atoms with E-state index in [0.29, 0.717) is 23.5 Å². The van der Waals surface area contributed by atoms with E-state index in [1.54, 1.807) is 7.11 Å². The van der Waals surface area contributed by atoms with Gasteiger partial charge in [-0.05, 0) is 67.3 Å². The lowest BCUT2D eigenvalue weighted by molar-refractivity contribution is -0.118. The number of methoxy groups -OCH3 is 1. The van der Waals surface area contributed by atoms with Gasteiger partial charge in [0.1, 0.15) is 17.0 Å². The number of nitrogens with zero attached hydrogens (tertiary/aromatic N) is 1. The Morgan fingerprint density at radius 1 is 0.944 bits per heavy atom. The Kier molecular flexibility index (Phi) is 4.19. The smallest absolute Gasteiger partial charge is 0.278 e. The van der Waals surface area contributed by atoms with Gasteiger partial charge in [0.05, 0.1) is 18.4 Å². The fourth-order valence-electron chi connectivity index (χ4n) is 6.09. The zero-order valence-electron chi connectivity index (χ0n) is 19.9. The summed E-state index contributed by atoms with van der Waals surface area (Å²) in [5, 5.41) is 9.89. The zero-order valence-corrected chi connectivity index (χ0v) is 19.9. The van der Waals surface area contributed by atoms with Gasteiger partial charge in [-0.25, -0.2) is 4.68 Å². The van der Waals surface area contributed by atoms with Crippen LogP contribution in [0.15, 0.2) is 77.1 Å². The Balaban J connectivity index is 1.57. The number of fused-ring (bicyclic) bond motifs is 7. The van der Waals surface area contributed by atoms with Crippen LogP contribution in [0.3, 0.4) is 0 Å². The van der Waals surface area contributed by atoms with Crippen LogP contribution in [0.4, 0.5) is 11.5 Å². The number of hydrogen-bond acceptors (Lipinski definition) is 4. The van der Waals surface area contributed by atoms with E-state index in [0.717, 1.165) is 51.4 Å². The third kappa shape index (κ3) is 2.57. The number of nitrogens with one attached hydrogen (secondary N) is 3. The quantitative estimate of drug-likeness (QED) is 0.397. The number of ether oxygens (including phenoxy) is 1. The SMILES string of the molecule is COc1ccc2c(c1)CCC1=C2Nc2[nH]n(-c3ccccc3)c(=O)c2C12C(=O)Nc1ccc(C)cc12. The Morgan fingerprint density at radius 2 is 1.78 bits per heavy atom. The first-order valence-electron chi connectivity index (χ1n) is 12.0. The normalized spacial score (nSPS) is 19.2. The van der Waals surface area contributed by atoms with Crippen LogP contribution in [0, 0.1) is 6.92 Å². The number of aromatic amines is 1. The van der Waals surface area contributed by atoms with Crippen molar-refractivity contribution in [1.29, 1.82) is 0 Å². The van der Waals surface area contributed by atoms with Crippen molar-refractivity contribution in [3.63, 3.8) is 0 Å². The van der Waals surface area contributed by atoms with Gasteiger partial charge < -0.3 is 15.4 Å². The predicted octanol–water partition coefficient (Wildman–Crippen LogP) is 4.50. The number of benzene rings is 3. The summed E-state index contributed by atoms with van der Waals surface area (Å²) in [5.41, 5.74) is 6.26. The standard InChI is InChI=1S/C29H24N4O3/c1-16-8-13-23-22(14-16)29(28(35)30-23)21-12-9-17-15-19(36-2)10-11-20(17)25(21)31-26-24(29)27(34)33(32-26)18-6-4-3-5-7-18/h3-8,10-11,13-15,31-32H,9,12H2,1-2H3,(H,30,35). The molecule has 3 heterocycles. The Morgan fingerprint density at radius 3 is 2.58 bits per heavy atom. The maximum Gasteiger partial charge on any atom is 0.278 e. The number of carbonyl (C=O) groups excluding carboxylic acids is 1. The summed E-state index contributed by atoms with van der Waals surface area (Å²) in [6.45, 7) is 2.01. The largest absolute Gasteiger partial charge is 0.497 e. The van der Waals surface area contributed by atoms with Gasteiger partial charge in [-0.3, -0.25) is 14.7 Å². The topological polar surface area (TPSA) is 88.2 Å². The molecule has 0 fully saturated rings. The molecule has 0 bridgehead atoms. The molecule has 1 unspecified atom stereocenters. The van der Waals surface area contributed by atoms with Crippen LogP contribution >= 0.6 is 0 Å². The molecule has 7 nitrogen and oxygen atoms in total. The minimum atomic E-state index is -1.22. The summed E-state index contributed by atoms with van der Waals surface area (Å²) >= 11 is 0. The summed E-state index contributed by atoms with van der Waals surface area (Å²) in [6, 6.07) is 21.4. The van der Waals surface area contributed by atoms with E-state index in [-0.39, 0.29) is 11.5 Å². The van der Waals surface area contributed by atoms with Gasteiger partial charge in [0, 0.05) is 22.5 Å². The molecule has 4 aromatic rings. The van der Waals surface area contributed by atoms with Crippen molar-refractivity contribution in [2.45, 2.75) is 25.2 Å². The van der Waals surface area contributed by atoms with E-state index in [1.807, 2.05) is 73.7 Å². The minimum absolute atomic E-state index is 0.188. The highest BCUT2D eigenvalue weighted by Gasteiger charge is 2.58. The summed E-state index contributed by atoms with van der Waals surface area (Å²) in [7, 11) is 1.66. The molecule has 3 N–H and O–H groups in total. The van der Waals surface area contributed by atoms with E-state index in [1.165, 1.54) is 4.68 Å². The Labute approximate surface area is 207 Å². The van der Waals surface area contributed by atoms with Gasteiger partial charge >= 0.3 is 0 Å². The molecule has 2 aliphatic heterocycles. The number of para-hydroxylation sites is 1. The lowest BCUT2D eigenvalue weighted by Crippen LogP contribution is -2.45. The average molecular weight is 477 g/mol. The summed E-state index contributed by atoms with van der Waals surface area (Å²) < 4.78 is 6.98. The van der Waals surface area contributed by atoms with Gasteiger partial charge in [-0.15, -0.1) is 0 Å². The van der Waals surface area contributed by atoms with Gasteiger partial charge in [0.2, 0.25) is 5.91 Å². The van der Waals surface area contributed by atoms with Crippen molar-refractivity contribution >= 4 is 23.1 Å². The predicted molar refractivity (Wildman–Crippen MR) is 139 cm³/mol. The van der Waals surface area contributed by atoms with Crippen molar-refractivity contribution in [3.8, 4) is 11.4 Å². The average Bonchev–Trinajstić information content (AvgIpc) is 3.38. The van der Waals surface area contributed by atoms with Crippen LogP contribution in [0.25, 0.3) is 11.4 Å². The van der Waals surface area contributed by atoms with Gasteiger partial charge in [-0.1, -0.05) is 35.9 Å². The summed E-state index contributed by atoms with van der Waals surface area (Å²) in [6.07, 6.45) is 1.38. The number of aromatic nitrogens is 2. The molecule has 178 valence electrons. The van der Waals surface area contributed by atoms with Crippen LogP contribution in [0.5, 0.6) is 5.75 Å².